The highest BCUT2D eigenvalue weighted by molar-refractivity contribution is 5.78. The van der Waals surface area contributed by atoms with Crippen LogP contribution in [0.25, 0.3) is 0 Å². The second-order valence-corrected chi connectivity index (χ2v) is 4.53. The minimum absolute atomic E-state index is 0.00866. The number of hydrogen-bond donors (Lipinski definition) is 2. The fourth-order valence-electron chi connectivity index (χ4n) is 1.95. The van der Waals surface area contributed by atoms with Crippen LogP contribution >= 0.6 is 0 Å². The van der Waals surface area contributed by atoms with Gasteiger partial charge in [-0.3, -0.25) is 15.1 Å². The lowest BCUT2D eigenvalue weighted by molar-refractivity contribution is -0.144. The molecule has 4 heteroatoms. The summed E-state index contributed by atoms with van der Waals surface area (Å²) in [7, 11) is 0. The van der Waals surface area contributed by atoms with Gasteiger partial charge in [-0.2, -0.15) is 0 Å². The zero-order valence-corrected chi connectivity index (χ0v) is 10.6. The second kappa shape index (κ2) is 5.77. The van der Waals surface area contributed by atoms with E-state index >= 15 is 0 Å². The van der Waals surface area contributed by atoms with Crippen molar-refractivity contribution < 1.29 is 9.90 Å². The minimum Gasteiger partial charge on any atom is -0.480 e. The van der Waals surface area contributed by atoms with Gasteiger partial charge in [0.15, 0.2) is 0 Å². The topological polar surface area (TPSA) is 62.2 Å². The van der Waals surface area contributed by atoms with Gasteiger partial charge in [0.1, 0.15) is 5.54 Å². The number of carboxylic acids is 1. The van der Waals surface area contributed by atoms with Crippen LogP contribution in [0.2, 0.25) is 0 Å². The number of carboxylic acid groups (broad SMARTS) is 1. The Labute approximate surface area is 102 Å². The molecule has 0 aliphatic heterocycles. The number of pyridine rings is 1. The molecule has 2 unspecified atom stereocenters. The summed E-state index contributed by atoms with van der Waals surface area (Å²) >= 11 is 0. The summed E-state index contributed by atoms with van der Waals surface area (Å²) in [5, 5.41) is 12.5. The summed E-state index contributed by atoms with van der Waals surface area (Å²) in [5.41, 5.74) is 0.167. The van der Waals surface area contributed by atoms with Gasteiger partial charge >= 0.3 is 5.97 Å². The number of aromatic nitrogens is 1. The van der Waals surface area contributed by atoms with Crippen molar-refractivity contribution in [1.82, 2.24) is 10.3 Å². The van der Waals surface area contributed by atoms with Gasteiger partial charge in [0.2, 0.25) is 0 Å². The fourth-order valence-corrected chi connectivity index (χ4v) is 1.95. The molecule has 0 bridgehead atoms. The molecule has 2 N–H and O–H groups in total. The molecule has 94 valence electrons. The van der Waals surface area contributed by atoms with Gasteiger partial charge in [-0.25, -0.2) is 0 Å². The summed E-state index contributed by atoms with van der Waals surface area (Å²) < 4.78 is 0. The zero-order chi connectivity index (χ0) is 12.9. The smallest absolute Gasteiger partial charge is 0.323 e. The van der Waals surface area contributed by atoms with Crippen LogP contribution in [0.5, 0.6) is 0 Å². The molecule has 0 fully saturated rings. The van der Waals surface area contributed by atoms with E-state index in [9.17, 15) is 9.90 Å². The summed E-state index contributed by atoms with van der Waals surface area (Å²) in [6, 6.07) is 3.78. The van der Waals surface area contributed by atoms with Gasteiger partial charge in [0.25, 0.3) is 0 Å². The summed E-state index contributed by atoms with van der Waals surface area (Å²) in [5.74, 6) is -0.805. The maximum Gasteiger partial charge on any atom is 0.323 e. The first-order valence-corrected chi connectivity index (χ1v) is 5.90. The highest BCUT2D eigenvalue weighted by atomic mass is 16.4. The first-order chi connectivity index (χ1) is 7.99. The molecule has 1 aromatic heterocycles. The highest BCUT2D eigenvalue weighted by Crippen LogP contribution is 2.20. The monoisotopic (exact) mass is 236 g/mol. The standard InChI is InChI=1S/C13H20N2O2/c1-4-7-13(3,12(16)17)15-10(2)11-5-8-14-9-6-11/h5-6,8-10,15H,4,7H2,1-3H3,(H,16,17). The third-order valence-corrected chi connectivity index (χ3v) is 2.96. The van der Waals surface area contributed by atoms with E-state index in [1.54, 1.807) is 19.3 Å². The van der Waals surface area contributed by atoms with Crippen molar-refractivity contribution in [3.05, 3.63) is 30.1 Å². The molecule has 17 heavy (non-hydrogen) atoms. The van der Waals surface area contributed by atoms with Crippen LogP contribution in [0.3, 0.4) is 0 Å². The number of aliphatic carboxylic acids is 1. The lowest BCUT2D eigenvalue weighted by Crippen LogP contribution is -2.50. The van der Waals surface area contributed by atoms with Gasteiger partial charge in [0.05, 0.1) is 0 Å². The van der Waals surface area contributed by atoms with Gasteiger partial charge in [-0.05, 0) is 38.0 Å². The molecule has 0 aliphatic rings. The van der Waals surface area contributed by atoms with E-state index in [0.29, 0.717) is 6.42 Å². The molecule has 2 atom stereocenters. The maximum absolute atomic E-state index is 11.3. The van der Waals surface area contributed by atoms with Crippen LogP contribution in [0.4, 0.5) is 0 Å². The average Bonchev–Trinajstić information content (AvgIpc) is 2.30. The molecular formula is C13H20N2O2. The molecule has 0 aliphatic carbocycles. The van der Waals surface area contributed by atoms with Crippen molar-refractivity contribution in [3.8, 4) is 0 Å². The first-order valence-electron chi connectivity index (χ1n) is 5.90. The number of hydrogen-bond acceptors (Lipinski definition) is 3. The highest BCUT2D eigenvalue weighted by Gasteiger charge is 2.33. The van der Waals surface area contributed by atoms with Gasteiger partial charge in [0, 0.05) is 18.4 Å². The molecule has 1 rings (SSSR count). The molecule has 0 amide bonds. The normalized spacial score (nSPS) is 16.2. The predicted octanol–water partition coefficient (Wildman–Crippen LogP) is 2.38. The lowest BCUT2D eigenvalue weighted by Gasteiger charge is -2.30. The van der Waals surface area contributed by atoms with E-state index in [2.05, 4.69) is 10.3 Å². The van der Waals surface area contributed by atoms with Crippen molar-refractivity contribution in [1.29, 1.82) is 0 Å². The molecule has 0 radical (unpaired) electrons. The third-order valence-electron chi connectivity index (χ3n) is 2.96. The van der Waals surface area contributed by atoms with Crippen molar-refractivity contribution in [2.45, 2.75) is 45.2 Å². The first kappa shape index (κ1) is 13.6. The Morgan fingerprint density at radius 2 is 2.12 bits per heavy atom. The molecule has 0 saturated carbocycles. The van der Waals surface area contributed by atoms with Crippen LogP contribution in [0, 0.1) is 0 Å². The van der Waals surface area contributed by atoms with E-state index < -0.39 is 11.5 Å². The van der Waals surface area contributed by atoms with E-state index in [-0.39, 0.29) is 6.04 Å². The van der Waals surface area contributed by atoms with Gasteiger partial charge in [-0.15, -0.1) is 0 Å². The second-order valence-electron chi connectivity index (χ2n) is 4.53. The van der Waals surface area contributed by atoms with Crippen molar-refractivity contribution in [2.24, 2.45) is 0 Å². The molecule has 0 aromatic carbocycles. The number of nitrogens with one attached hydrogen (secondary N) is 1. The Hall–Kier alpha value is -1.42. The lowest BCUT2D eigenvalue weighted by atomic mass is 9.94. The van der Waals surface area contributed by atoms with Gasteiger partial charge < -0.3 is 5.11 Å². The number of nitrogens with zero attached hydrogens (tertiary/aromatic N) is 1. The van der Waals surface area contributed by atoms with Crippen molar-refractivity contribution in [3.63, 3.8) is 0 Å². The SMILES string of the molecule is CCCC(C)(NC(C)c1ccncc1)C(=O)O. The predicted molar refractivity (Wildman–Crippen MR) is 66.7 cm³/mol. The van der Waals surface area contributed by atoms with Gasteiger partial charge in [-0.1, -0.05) is 13.3 Å². The Morgan fingerprint density at radius 1 is 1.53 bits per heavy atom. The molecule has 4 nitrogen and oxygen atoms in total. The largest absolute Gasteiger partial charge is 0.480 e. The summed E-state index contributed by atoms with van der Waals surface area (Å²) in [4.78, 5) is 15.3. The van der Waals surface area contributed by atoms with E-state index in [0.717, 1.165) is 12.0 Å². The summed E-state index contributed by atoms with van der Waals surface area (Å²) in [6.45, 7) is 5.68. The minimum atomic E-state index is -0.878. The van der Waals surface area contributed by atoms with Crippen LogP contribution in [0.1, 0.15) is 45.2 Å². The van der Waals surface area contributed by atoms with Crippen LogP contribution in [0.15, 0.2) is 24.5 Å². The third kappa shape index (κ3) is 3.53. The van der Waals surface area contributed by atoms with E-state index in [4.69, 9.17) is 0 Å². The van der Waals surface area contributed by atoms with Crippen molar-refractivity contribution >= 4 is 5.97 Å². The molecule has 1 heterocycles. The fraction of sp³-hybridized carbons (Fsp3) is 0.538. The van der Waals surface area contributed by atoms with Crippen molar-refractivity contribution in [2.75, 3.05) is 0 Å². The van der Waals surface area contributed by atoms with Crippen LogP contribution in [-0.4, -0.2) is 21.6 Å². The summed E-state index contributed by atoms with van der Waals surface area (Å²) in [6.07, 6.45) is 4.87. The zero-order valence-electron chi connectivity index (χ0n) is 10.6. The molecule has 1 aromatic rings. The molecule has 0 saturated heterocycles. The maximum atomic E-state index is 11.3. The molecule has 0 spiro atoms. The quantitative estimate of drug-likeness (QED) is 0.796. The van der Waals surface area contributed by atoms with Crippen LogP contribution < -0.4 is 5.32 Å². The van der Waals surface area contributed by atoms with Crippen LogP contribution in [-0.2, 0) is 4.79 Å². The van der Waals surface area contributed by atoms with E-state index in [1.165, 1.54) is 0 Å². The Morgan fingerprint density at radius 3 is 2.59 bits per heavy atom. The Balaban J connectivity index is 2.78. The van der Waals surface area contributed by atoms with E-state index in [1.807, 2.05) is 26.0 Å². The Kier molecular flexibility index (Phi) is 4.63. The average molecular weight is 236 g/mol. The number of rotatable bonds is 6. The number of carbonyl (C=O) groups is 1. The Bertz CT molecular complexity index is 367. The molecular weight excluding hydrogens is 216 g/mol.